The molecule has 0 radical (unpaired) electrons. The number of halogens is 1. The minimum Gasteiger partial charge on any atom is -0.350 e. The molecular formula is C11H11BrN4O. The molecule has 5 nitrogen and oxygen atoms in total. The highest BCUT2D eigenvalue weighted by atomic mass is 79.9. The van der Waals surface area contributed by atoms with Gasteiger partial charge < -0.3 is 9.88 Å². The molecule has 0 unspecified atom stereocenters. The lowest BCUT2D eigenvalue weighted by Gasteiger charge is -2.05. The van der Waals surface area contributed by atoms with Gasteiger partial charge in [-0.15, -0.1) is 0 Å². The van der Waals surface area contributed by atoms with E-state index in [0.717, 1.165) is 0 Å². The van der Waals surface area contributed by atoms with Crippen molar-refractivity contribution in [2.45, 2.75) is 6.54 Å². The number of rotatable bonds is 4. The highest BCUT2D eigenvalue weighted by Gasteiger charge is 2.04. The first-order valence-electron chi connectivity index (χ1n) is 5.11. The quantitative estimate of drug-likeness (QED) is 0.869. The average Bonchev–Trinajstić information content (AvgIpc) is 2.82. The van der Waals surface area contributed by atoms with E-state index < -0.39 is 0 Å². The van der Waals surface area contributed by atoms with Gasteiger partial charge in [0.05, 0.1) is 6.33 Å². The molecule has 88 valence electrons. The third-order valence-corrected chi connectivity index (χ3v) is 2.64. The predicted octanol–water partition coefficient (Wildman–Crippen LogP) is 1.47. The molecule has 0 aliphatic rings. The molecule has 2 aromatic heterocycles. The summed E-state index contributed by atoms with van der Waals surface area (Å²) in [6.07, 6.45) is 6.88. The zero-order valence-corrected chi connectivity index (χ0v) is 10.6. The van der Waals surface area contributed by atoms with Crippen molar-refractivity contribution in [1.82, 2.24) is 19.9 Å². The summed E-state index contributed by atoms with van der Waals surface area (Å²) in [7, 11) is 0. The van der Waals surface area contributed by atoms with Crippen LogP contribution in [0, 0.1) is 0 Å². The molecule has 17 heavy (non-hydrogen) atoms. The Balaban J connectivity index is 1.85. The van der Waals surface area contributed by atoms with Crippen LogP contribution in [0.1, 0.15) is 10.4 Å². The zero-order chi connectivity index (χ0) is 12.1. The first kappa shape index (κ1) is 11.8. The van der Waals surface area contributed by atoms with Crippen molar-refractivity contribution in [3.63, 3.8) is 0 Å². The summed E-state index contributed by atoms with van der Waals surface area (Å²) in [6, 6.07) is 3.36. The predicted molar refractivity (Wildman–Crippen MR) is 66.5 cm³/mol. The van der Waals surface area contributed by atoms with Crippen LogP contribution in [-0.2, 0) is 6.54 Å². The number of hydrogen-bond acceptors (Lipinski definition) is 3. The van der Waals surface area contributed by atoms with Crippen LogP contribution in [0.5, 0.6) is 0 Å². The number of imidazole rings is 1. The molecule has 2 heterocycles. The van der Waals surface area contributed by atoms with Crippen LogP contribution >= 0.6 is 15.9 Å². The molecule has 1 amide bonds. The standard InChI is InChI=1S/C11H11BrN4O/c12-10-7-9(1-2-14-10)11(17)15-4-6-16-5-3-13-8-16/h1-3,5,7-8H,4,6H2,(H,15,17). The number of amides is 1. The van der Waals surface area contributed by atoms with Crippen LogP contribution in [0.4, 0.5) is 0 Å². The molecule has 0 bridgehead atoms. The van der Waals surface area contributed by atoms with E-state index in [1.54, 1.807) is 30.9 Å². The van der Waals surface area contributed by atoms with Gasteiger partial charge in [-0.05, 0) is 28.1 Å². The number of carbonyl (C=O) groups is 1. The Labute approximate surface area is 107 Å². The minimum absolute atomic E-state index is 0.104. The summed E-state index contributed by atoms with van der Waals surface area (Å²) in [5, 5.41) is 2.83. The van der Waals surface area contributed by atoms with Gasteiger partial charge in [0.15, 0.2) is 0 Å². The number of pyridine rings is 1. The van der Waals surface area contributed by atoms with Gasteiger partial charge in [-0.25, -0.2) is 9.97 Å². The Morgan fingerprint density at radius 3 is 3.06 bits per heavy atom. The number of aromatic nitrogens is 3. The molecule has 0 aliphatic carbocycles. The second-order valence-electron chi connectivity index (χ2n) is 3.42. The van der Waals surface area contributed by atoms with Gasteiger partial charge in [-0.3, -0.25) is 4.79 Å². The van der Waals surface area contributed by atoms with Crippen LogP contribution in [0.25, 0.3) is 0 Å². The largest absolute Gasteiger partial charge is 0.350 e. The molecule has 1 N–H and O–H groups in total. The van der Waals surface area contributed by atoms with E-state index in [-0.39, 0.29) is 5.91 Å². The summed E-state index contributed by atoms with van der Waals surface area (Å²) in [6.45, 7) is 1.27. The van der Waals surface area contributed by atoms with Crippen LogP contribution in [0.15, 0.2) is 41.7 Å². The molecular weight excluding hydrogens is 284 g/mol. The molecule has 0 spiro atoms. The minimum atomic E-state index is -0.104. The van der Waals surface area contributed by atoms with Crippen LogP contribution in [-0.4, -0.2) is 27.0 Å². The highest BCUT2D eigenvalue weighted by molar-refractivity contribution is 9.10. The molecule has 2 aromatic rings. The Kier molecular flexibility index (Phi) is 3.87. The Bertz CT molecular complexity index is 498. The molecule has 0 atom stereocenters. The first-order chi connectivity index (χ1) is 8.25. The van der Waals surface area contributed by atoms with Gasteiger partial charge in [0.25, 0.3) is 5.91 Å². The van der Waals surface area contributed by atoms with Gasteiger partial charge in [0, 0.05) is 37.2 Å². The molecule has 0 fully saturated rings. The molecule has 6 heteroatoms. The third-order valence-electron chi connectivity index (χ3n) is 2.20. The maximum atomic E-state index is 11.7. The Hall–Kier alpha value is -1.69. The van der Waals surface area contributed by atoms with E-state index in [2.05, 4.69) is 31.2 Å². The summed E-state index contributed by atoms with van der Waals surface area (Å²) < 4.78 is 2.56. The second-order valence-corrected chi connectivity index (χ2v) is 4.24. The van der Waals surface area contributed by atoms with E-state index in [1.165, 1.54) is 0 Å². The van der Waals surface area contributed by atoms with Crippen molar-refractivity contribution >= 4 is 21.8 Å². The molecule has 0 aromatic carbocycles. The lowest BCUT2D eigenvalue weighted by atomic mass is 10.2. The normalized spacial score (nSPS) is 10.2. The van der Waals surface area contributed by atoms with Gasteiger partial charge in [-0.2, -0.15) is 0 Å². The van der Waals surface area contributed by atoms with E-state index in [1.807, 2.05) is 10.8 Å². The average molecular weight is 295 g/mol. The van der Waals surface area contributed by atoms with Crippen LogP contribution in [0.2, 0.25) is 0 Å². The number of hydrogen-bond donors (Lipinski definition) is 1. The topological polar surface area (TPSA) is 59.8 Å². The SMILES string of the molecule is O=C(NCCn1ccnc1)c1ccnc(Br)c1. The lowest BCUT2D eigenvalue weighted by Crippen LogP contribution is -2.27. The molecule has 0 aliphatic heterocycles. The van der Waals surface area contributed by atoms with Gasteiger partial charge >= 0.3 is 0 Å². The Morgan fingerprint density at radius 2 is 2.35 bits per heavy atom. The second kappa shape index (κ2) is 5.58. The number of nitrogens with zero attached hydrogens (tertiary/aromatic N) is 3. The van der Waals surface area contributed by atoms with Crippen LogP contribution < -0.4 is 5.32 Å². The van der Waals surface area contributed by atoms with Crippen molar-refractivity contribution in [3.05, 3.63) is 47.2 Å². The molecule has 0 saturated heterocycles. The van der Waals surface area contributed by atoms with Gasteiger partial charge in [-0.1, -0.05) is 0 Å². The van der Waals surface area contributed by atoms with E-state index in [4.69, 9.17) is 0 Å². The van der Waals surface area contributed by atoms with Crippen molar-refractivity contribution in [2.24, 2.45) is 0 Å². The van der Waals surface area contributed by atoms with E-state index in [0.29, 0.717) is 23.3 Å². The Morgan fingerprint density at radius 1 is 1.47 bits per heavy atom. The van der Waals surface area contributed by atoms with Crippen molar-refractivity contribution in [1.29, 1.82) is 0 Å². The maximum absolute atomic E-state index is 11.7. The van der Waals surface area contributed by atoms with Crippen molar-refractivity contribution < 1.29 is 4.79 Å². The van der Waals surface area contributed by atoms with Crippen molar-refractivity contribution in [3.8, 4) is 0 Å². The summed E-state index contributed by atoms with van der Waals surface area (Å²) in [4.78, 5) is 19.6. The van der Waals surface area contributed by atoms with E-state index >= 15 is 0 Å². The first-order valence-corrected chi connectivity index (χ1v) is 5.90. The highest BCUT2D eigenvalue weighted by Crippen LogP contribution is 2.07. The summed E-state index contributed by atoms with van der Waals surface area (Å²) >= 11 is 3.23. The van der Waals surface area contributed by atoms with Gasteiger partial charge in [0.1, 0.15) is 4.60 Å². The third kappa shape index (κ3) is 3.39. The summed E-state index contributed by atoms with van der Waals surface area (Å²) in [5.41, 5.74) is 0.595. The monoisotopic (exact) mass is 294 g/mol. The van der Waals surface area contributed by atoms with Crippen LogP contribution in [0.3, 0.4) is 0 Å². The van der Waals surface area contributed by atoms with Crippen molar-refractivity contribution in [2.75, 3.05) is 6.54 Å². The molecule has 0 saturated carbocycles. The number of carbonyl (C=O) groups excluding carboxylic acids is 1. The summed E-state index contributed by atoms with van der Waals surface area (Å²) in [5.74, 6) is -0.104. The fraction of sp³-hybridized carbons (Fsp3) is 0.182. The van der Waals surface area contributed by atoms with Gasteiger partial charge in [0.2, 0.25) is 0 Å². The number of nitrogens with one attached hydrogen (secondary N) is 1. The molecule has 2 rings (SSSR count). The lowest BCUT2D eigenvalue weighted by molar-refractivity contribution is 0.0952. The maximum Gasteiger partial charge on any atom is 0.251 e. The fourth-order valence-corrected chi connectivity index (χ4v) is 1.73. The fourth-order valence-electron chi connectivity index (χ4n) is 1.36. The van der Waals surface area contributed by atoms with E-state index in [9.17, 15) is 4.79 Å². The zero-order valence-electron chi connectivity index (χ0n) is 9.01. The smallest absolute Gasteiger partial charge is 0.251 e.